The van der Waals surface area contributed by atoms with Crippen molar-refractivity contribution in [2.75, 3.05) is 6.54 Å². The topological polar surface area (TPSA) is 54.5 Å². The number of aryl methyl sites for hydroxylation is 1. The summed E-state index contributed by atoms with van der Waals surface area (Å²) >= 11 is 0. The summed E-state index contributed by atoms with van der Waals surface area (Å²) in [5.74, 6) is -4.24. The third-order valence-electron chi connectivity index (χ3n) is 6.31. The highest BCUT2D eigenvalue weighted by atomic mass is 32.2. The monoisotopic (exact) mass is 487 g/mol. The van der Waals surface area contributed by atoms with E-state index in [0.29, 0.717) is 5.56 Å². The van der Waals surface area contributed by atoms with E-state index in [-0.39, 0.29) is 10.5 Å². The minimum Gasteiger partial charge on any atom is -0.294 e. The van der Waals surface area contributed by atoms with Crippen LogP contribution in [0.25, 0.3) is 0 Å². The average Bonchev–Trinajstić information content (AvgIpc) is 2.83. The molecule has 0 amide bonds. The molecule has 0 aliphatic carbocycles. The van der Waals surface area contributed by atoms with Gasteiger partial charge in [-0.05, 0) is 31.0 Å². The van der Waals surface area contributed by atoms with Crippen LogP contribution in [0.1, 0.15) is 33.9 Å². The van der Waals surface area contributed by atoms with Crippen molar-refractivity contribution in [1.29, 1.82) is 0 Å². The number of rotatable bonds is 5. The normalized spacial score (nSPS) is 21.8. The molecule has 178 valence electrons. The Morgan fingerprint density at radius 2 is 1.44 bits per heavy atom. The van der Waals surface area contributed by atoms with Crippen LogP contribution in [-0.4, -0.2) is 31.2 Å². The van der Waals surface area contributed by atoms with Gasteiger partial charge in [0.15, 0.2) is 5.78 Å². The summed E-state index contributed by atoms with van der Waals surface area (Å²) in [5.41, 5.74) is 1.44. The molecule has 1 aliphatic heterocycles. The van der Waals surface area contributed by atoms with Gasteiger partial charge in [0.25, 0.3) is 0 Å². The number of halogens is 3. The van der Waals surface area contributed by atoms with Crippen LogP contribution in [0.5, 0.6) is 0 Å². The first-order chi connectivity index (χ1) is 16.1. The lowest BCUT2D eigenvalue weighted by Crippen LogP contribution is -2.51. The lowest BCUT2D eigenvalue weighted by molar-refractivity contribution is -0.196. The molecule has 4 nitrogen and oxygen atoms in total. The zero-order chi connectivity index (χ0) is 24.5. The fourth-order valence-electron chi connectivity index (χ4n) is 4.50. The second-order valence-corrected chi connectivity index (χ2v) is 10.4. The molecule has 0 radical (unpaired) electrons. The van der Waals surface area contributed by atoms with E-state index >= 15 is 0 Å². The molecular formula is C26H24F3NO3S. The Labute approximate surface area is 197 Å². The predicted molar refractivity (Wildman–Crippen MR) is 123 cm³/mol. The van der Waals surface area contributed by atoms with Gasteiger partial charge in [-0.2, -0.15) is 17.5 Å². The molecule has 1 fully saturated rings. The van der Waals surface area contributed by atoms with Crippen LogP contribution >= 0.6 is 0 Å². The second kappa shape index (κ2) is 9.35. The maximum absolute atomic E-state index is 14.2. The largest absolute Gasteiger partial charge is 0.392 e. The molecule has 0 spiro atoms. The van der Waals surface area contributed by atoms with Gasteiger partial charge in [-0.1, -0.05) is 78.4 Å². The Hall–Kier alpha value is -2.97. The molecule has 0 saturated carbocycles. The third kappa shape index (κ3) is 4.79. The maximum atomic E-state index is 14.2. The summed E-state index contributed by atoms with van der Waals surface area (Å²) in [5, 5.41) is 0. The van der Waals surface area contributed by atoms with Crippen molar-refractivity contribution < 1.29 is 26.4 Å². The fraction of sp³-hybridized carbons (Fsp3) is 0.269. The number of piperidine rings is 1. The Balaban J connectivity index is 1.82. The van der Waals surface area contributed by atoms with E-state index in [1.807, 2.05) is 6.92 Å². The molecule has 0 N–H and O–H groups in total. The molecule has 34 heavy (non-hydrogen) atoms. The van der Waals surface area contributed by atoms with Gasteiger partial charge in [0, 0.05) is 18.0 Å². The number of hydrogen-bond donors (Lipinski definition) is 0. The van der Waals surface area contributed by atoms with Crippen molar-refractivity contribution in [3.63, 3.8) is 0 Å². The first kappa shape index (κ1) is 24.2. The summed E-state index contributed by atoms with van der Waals surface area (Å²) in [6.07, 6.45) is -5.20. The Bertz CT molecular complexity index is 1240. The molecule has 1 unspecified atom stereocenters. The standard InChI is InChI=1S/C26H24F3NO3S/c1-18-12-14-21(15-13-18)34(32,33)30-17-22(25(31)20-10-6-3-7-11-20)23(26(27,28)29)16-24(30)19-8-4-2-5-9-19/h2-15,22-24H,16-17H2,1H3/t22-,23-,24?/m0/s1. The highest BCUT2D eigenvalue weighted by Crippen LogP contribution is 2.47. The zero-order valence-electron chi connectivity index (χ0n) is 18.4. The average molecular weight is 488 g/mol. The lowest BCUT2D eigenvalue weighted by atomic mass is 9.77. The first-order valence-electron chi connectivity index (χ1n) is 10.9. The fourth-order valence-corrected chi connectivity index (χ4v) is 6.15. The highest BCUT2D eigenvalue weighted by Gasteiger charge is 2.54. The van der Waals surface area contributed by atoms with Crippen LogP contribution in [0.4, 0.5) is 13.2 Å². The van der Waals surface area contributed by atoms with Crippen molar-refractivity contribution >= 4 is 15.8 Å². The SMILES string of the molecule is Cc1ccc(S(=O)(=O)N2C[C@H](C(=O)c3ccccc3)[C@@H](C(F)(F)F)CC2c2ccccc2)cc1. The Morgan fingerprint density at radius 3 is 2.00 bits per heavy atom. The van der Waals surface area contributed by atoms with Crippen molar-refractivity contribution in [1.82, 2.24) is 4.31 Å². The van der Waals surface area contributed by atoms with Crippen LogP contribution in [0.2, 0.25) is 0 Å². The quantitative estimate of drug-likeness (QED) is 0.427. The molecule has 0 aromatic heterocycles. The summed E-state index contributed by atoms with van der Waals surface area (Å²) in [6.45, 7) is 1.25. The van der Waals surface area contributed by atoms with E-state index in [0.717, 1.165) is 9.87 Å². The van der Waals surface area contributed by atoms with E-state index in [9.17, 15) is 26.4 Å². The number of nitrogens with zero attached hydrogens (tertiary/aromatic N) is 1. The summed E-state index contributed by atoms with van der Waals surface area (Å²) in [4.78, 5) is 13.2. The molecule has 3 aromatic rings. The van der Waals surface area contributed by atoms with E-state index < -0.39 is 52.8 Å². The van der Waals surface area contributed by atoms with Crippen LogP contribution in [0.3, 0.4) is 0 Å². The van der Waals surface area contributed by atoms with Gasteiger partial charge >= 0.3 is 6.18 Å². The molecule has 1 aliphatic rings. The summed E-state index contributed by atoms with van der Waals surface area (Å²) < 4.78 is 71.1. The highest BCUT2D eigenvalue weighted by molar-refractivity contribution is 7.89. The Kier molecular flexibility index (Phi) is 6.64. The zero-order valence-corrected chi connectivity index (χ0v) is 19.3. The van der Waals surface area contributed by atoms with Crippen molar-refractivity contribution in [2.24, 2.45) is 11.8 Å². The number of Topliss-reactive ketones (excluding diaryl/α,β-unsaturated/α-hetero) is 1. The van der Waals surface area contributed by atoms with Crippen LogP contribution in [-0.2, 0) is 10.0 Å². The molecule has 1 saturated heterocycles. The summed E-state index contributed by atoms with van der Waals surface area (Å²) in [7, 11) is -4.18. The minimum atomic E-state index is -4.66. The van der Waals surface area contributed by atoms with Crippen molar-refractivity contribution in [2.45, 2.75) is 30.5 Å². The Morgan fingerprint density at radius 1 is 0.882 bits per heavy atom. The third-order valence-corrected chi connectivity index (χ3v) is 8.20. The number of carbonyl (C=O) groups excluding carboxylic acids is 1. The molecule has 1 heterocycles. The molecule has 3 atom stereocenters. The van der Waals surface area contributed by atoms with Gasteiger partial charge in [0.2, 0.25) is 10.0 Å². The second-order valence-electron chi connectivity index (χ2n) is 8.53. The molecular weight excluding hydrogens is 463 g/mol. The van der Waals surface area contributed by atoms with Gasteiger partial charge in [0.05, 0.1) is 16.9 Å². The number of hydrogen-bond acceptors (Lipinski definition) is 3. The van der Waals surface area contributed by atoms with Crippen molar-refractivity contribution in [3.8, 4) is 0 Å². The van der Waals surface area contributed by atoms with Crippen LogP contribution in [0.15, 0.2) is 89.8 Å². The number of alkyl halides is 3. The molecule has 8 heteroatoms. The van der Waals surface area contributed by atoms with Crippen molar-refractivity contribution in [3.05, 3.63) is 102 Å². The minimum absolute atomic E-state index is 0.0181. The predicted octanol–water partition coefficient (Wildman–Crippen LogP) is 5.81. The van der Waals surface area contributed by atoms with Crippen LogP contribution in [0, 0.1) is 18.8 Å². The smallest absolute Gasteiger partial charge is 0.294 e. The number of benzene rings is 3. The maximum Gasteiger partial charge on any atom is 0.392 e. The van der Waals surface area contributed by atoms with Gasteiger partial charge in [-0.15, -0.1) is 0 Å². The van der Waals surface area contributed by atoms with Gasteiger partial charge in [-0.25, -0.2) is 8.42 Å². The van der Waals surface area contributed by atoms with E-state index in [1.54, 1.807) is 60.7 Å². The van der Waals surface area contributed by atoms with E-state index in [4.69, 9.17) is 0 Å². The van der Waals surface area contributed by atoms with E-state index in [1.165, 1.54) is 24.3 Å². The molecule has 0 bridgehead atoms. The number of ketones is 1. The molecule has 4 rings (SSSR count). The van der Waals surface area contributed by atoms with Gasteiger partial charge < -0.3 is 0 Å². The van der Waals surface area contributed by atoms with Crippen LogP contribution < -0.4 is 0 Å². The molecule has 3 aromatic carbocycles. The number of sulfonamides is 1. The number of carbonyl (C=O) groups is 1. The van der Waals surface area contributed by atoms with E-state index in [2.05, 4.69) is 0 Å². The van der Waals surface area contributed by atoms with Gasteiger partial charge in [0.1, 0.15) is 0 Å². The lowest BCUT2D eigenvalue weighted by Gasteiger charge is -2.43. The first-order valence-corrected chi connectivity index (χ1v) is 12.3. The summed E-state index contributed by atoms with van der Waals surface area (Å²) in [6, 6.07) is 21.1. The van der Waals surface area contributed by atoms with Gasteiger partial charge in [-0.3, -0.25) is 4.79 Å².